The Kier molecular flexibility index (Phi) is 3.89. The summed E-state index contributed by atoms with van der Waals surface area (Å²) in [6.45, 7) is 2.00. The molecular formula is C11H15F2N3OS. The Hall–Kier alpha value is -1.11. The van der Waals surface area contributed by atoms with Crippen molar-refractivity contribution in [2.45, 2.75) is 38.5 Å². The van der Waals surface area contributed by atoms with Crippen LogP contribution in [0.5, 0.6) is 0 Å². The topological polar surface area (TPSA) is 54.9 Å². The highest BCUT2D eigenvalue weighted by Gasteiger charge is 2.36. The Labute approximate surface area is 108 Å². The zero-order chi connectivity index (χ0) is 13.2. The molecule has 0 bridgehead atoms. The van der Waals surface area contributed by atoms with E-state index in [0.717, 1.165) is 18.0 Å². The maximum atomic E-state index is 13.2. The van der Waals surface area contributed by atoms with Gasteiger partial charge in [0, 0.05) is 19.4 Å². The lowest BCUT2D eigenvalue weighted by molar-refractivity contribution is -0.0518. The van der Waals surface area contributed by atoms with Crippen molar-refractivity contribution in [2.75, 3.05) is 6.54 Å². The first-order valence-electron chi connectivity index (χ1n) is 5.93. The average molecular weight is 275 g/mol. The monoisotopic (exact) mass is 275 g/mol. The zero-order valence-electron chi connectivity index (χ0n) is 10.1. The highest BCUT2D eigenvalue weighted by atomic mass is 32.1. The molecule has 0 saturated heterocycles. The number of hydrogen-bond acceptors (Lipinski definition) is 4. The van der Waals surface area contributed by atoms with Crippen LogP contribution in [0.25, 0.3) is 0 Å². The Balaban J connectivity index is 1.85. The van der Waals surface area contributed by atoms with Crippen LogP contribution in [0.3, 0.4) is 0 Å². The van der Waals surface area contributed by atoms with Crippen LogP contribution in [-0.2, 0) is 0 Å². The van der Waals surface area contributed by atoms with Gasteiger partial charge in [0.25, 0.3) is 5.91 Å². The van der Waals surface area contributed by atoms with Crippen LogP contribution < -0.4 is 5.32 Å². The summed E-state index contributed by atoms with van der Waals surface area (Å²) in [7, 11) is 0. The molecule has 0 radical (unpaired) electrons. The van der Waals surface area contributed by atoms with Gasteiger partial charge in [-0.25, -0.2) is 8.78 Å². The number of nitrogens with zero attached hydrogens (tertiary/aromatic N) is 2. The van der Waals surface area contributed by atoms with E-state index in [0.29, 0.717) is 23.5 Å². The molecule has 0 aliphatic heterocycles. The molecule has 0 aromatic carbocycles. The van der Waals surface area contributed by atoms with Crippen LogP contribution in [0.4, 0.5) is 8.78 Å². The Morgan fingerprint density at radius 2 is 2.39 bits per heavy atom. The van der Waals surface area contributed by atoms with E-state index in [-0.39, 0.29) is 24.7 Å². The van der Waals surface area contributed by atoms with Gasteiger partial charge in [0.1, 0.15) is 4.88 Å². The fourth-order valence-electron chi connectivity index (χ4n) is 2.21. The van der Waals surface area contributed by atoms with Gasteiger partial charge >= 0.3 is 0 Å². The van der Waals surface area contributed by atoms with Crippen LogP contribution in [0, 0.1) is 12.8 Å². The van der Waals surface area contributed by atoms with Crippen molar-refractivity contribution in [3.63, 3.8) is 0 Å². The molecule has 1 fully saturated rings. The molecule has 1 aliphatic carbocycles. The molecule has 1 unspecified atom stereocenters. The van der Waals surface area contributed by atoms with Gasteiger partial charge in [0.2, 0.25) is 5.92 Å². The van der Waals surface area contributed by atoms with Gasteiger partial charge in [-0.05, 0) is 37.2 Å². The smallest absolute Gasteiger partial charge is 0.264 e. The molecule has 2 rings (SSSR count). The second-order valence-electron chi connectivity index (χ2n) is 4.72. The third-order valence-electron chi connectivity index (χ3n) is 3.15. The van der Waals surface area contributed by atoms with E-state index in [4.69, 9.17) is 0 Å². The van der Waals surface area contributed by atoms with Gasteiger partial charge < -0.3 is 5.32 Å². The first-order chi connectivity index (χ1) is 8.48. The van der Waals surface area contributed by atoms with E-state index in [2.05, 4.69) is 14.9 Å². The first kappa shape index (κ1) is 13.3. The van der Waals surface area contributed by atoms with Crippen LogP contribution in [-0.4, -0.2) is 28.0 Å². The van der Waals surface area contributed by atoms with E-state index < -0.39 is 5.92 Å². The Morgan fingerprint density at radius 1 is 1.61 bits per heavy atom. The number of aromatic nitrogens is 2. The van der Waals surface area contributed by atoms with Crippen LogP contribution in [0.15, 0.2) is 0 Å². The average Bonchev–Trinajstić information content (AvgIpc) is 2.71. The van der Waals surface area contributed by atoms with Crippen molar-refractivity contribution < 1.29 is 13.6 Å². The molecule has 18 heavy (non-hydrogen) atoms. The van der Waals surface area contributed by atoms with Gasteiger partial charge in [-0.1, -0.05) is 4.49 Å². The molecule has 1 aromatic rings. The number of nitrogens with one attached hydrogen (secondary N) is 1. The van der Waals surface area contributed by atoms with Crippen molar-refractivity contribution in [1.29, 1.82) is 0 Å². The molecule has 4 nitrogen and oxygen atoms in total. The Bertz CT molecular complexity index is 436. The quantitative estimate of drug-likeness (QED) is 0.921. The SMILES string of the molecule is Cc1nnsc1C(=O)NCC1CCCC(F)(F)C1. The van der Waals surface area contributed by atoms with E-state index in [1.807, 2.05) is 0 Å². The summed E-state index contributed by atoms with van der Waals surface area (Å²) in [6, 6.07) is 0. The minimum Gasteiger partial charge on any atom is -0.351 e. The minimum absolute atomic E-state index is 0.0324. The summed E-state index contributed by atoms with van der Waals surface area (Å²) < 4.78 is 30.0. The van der Waals surface area contributed by atoms with E-state index in [1.54, 1.807) is 6.92 Å². The van der Waals surface area contributed by atoms with Gasteiger partial charge in [-0.2, -0.15) is 0 Å². The predicted molar refractivity (Wildman–Crippen MR) is 63.9 cm³/mol. The highest BCUT2D eigenvalue weighted by molar-refractivity contribution is 7.07. The molecule has 1 atom stereocenters. The largest absolute Gasteiger partial charge is 0.351 e. The summed E-state index contributed by atoms with van der Waals surface area (Å²) in [5.74, 6) is -2.98. The highest BCUT2D eigenvalue weighted by Crippen LogP contribution is 2.36. The molecule has 1 heterocycles. The van der Waals surface area contributed by atoms with Crippen LogP contribution >= 0.6 is 11.5 Å². The fraction of sp³-hybridized carbons (Fsp3) is 0.727. The number of alkyl halides is 2. The lowest BCUT2D eigenvalue weighted by Crippen LogP contribution is -2.35. The molecule has 7 heteroatoms. The second-order valence-corrected chi connectivity index (χ2v) is 5.47. The van der Waals surface area contributed by atoms with Crippen LogP contribution in [0.2, 0.25) is 0 Å². The van der Waals surface area contributed by atoms with Crippen molar-refractivity contribution in [2.24, 2.45) is 5.92 Å². The van der Waals surface area contributed by atoms with E-state index in [9.17, 15) is 13.6 Å². The lowest BCUT2D eigenvalue weighted by atomic mass is 9.86. The van der Waals surface area contributed by atoms with Crippen LogP contribution in [0.1, 0.15) is 41.0 Å². The molecule has 1 N–H and O–H groups in total. The van der Waals surface area contributed by atoms with Crippen molar-refractivity contribution in [3.8, 4) is 0 Å². The third-order valence-corrected chi connectivity index (χ3v) is 3.98. The maximum absolute atomic E-state index is 13.2. The zero-order valence-corrected chi connectivity index (χ0v) is 10.9. The van der Waals surface area contributed by atoms with Gasteiger partial charge in [0.15, 0.2) is 0 Å². The second kappa shape index (κ2) is 5.26. The molecule has 100 valence electrons. The number of aryl methyl sites for hydroxylation is 1. The number of amides is 1. The number of carbonyl (C=O) groups excluding carboxylic acids is 1. The van der Waals surface area contributed by atoms with Gasteiger partial charge in [0.05, 0.1) is 5.69 Å². The first-order valence-corrected chi connectivity index (χ1v) is 6.70. The van der Waals surface area contributed by atoms with Gasteiger partial charge in [-0.3, -0.25) is 4.79 Å². The normalized spacial score (nSPS) is 22.7. The Morgan fingerprint density at radius 3 is 3.00 bits per heavy atom. The number of carbonyl (C=O) groups is 1. The molecular weight excluding hydrogens is 260 g/mol. The summed E-state index contributed by atoms with van der Waals surface area (Å²) in [4.78, 5) is 12.2. The number of rotatable bonds is 3. The summed E-state index contributed by atoms with van der Waals surface area (Å²) >= 11 is 1.02. The van der Waals surface area contributed by atoms with E-state index in [1.165, 1.54) is 0 Å². The third kappa shape index (κ3) is 3.22. The summed E-state index contributed by atoms with van der Waals surface area (Å²) in [5.41, 5.74) is 0.575. The minimum atomic E-state index is -2.57. The molecule has 1 amide bonds. The molecule has 1 saturated carbocycles. The standard InChI is InChI=1S/C11H15F2N3OS/c1-7-9(18-16-15-7)10(17)14-6-8-3-2-4-11(12,13)5-8/h8H,2-6H2,1H3,(H,14,17). The number of halogens is 2. The van der Waals surface area contributed by atoms with E-state index >= 15 is 0 Å². The molecule has 0 spiro atoms. The van der Waals surface area contributed by atoms with Gasteiger partial charge in [-0.15, -0.1) is 5.10 Å². The molecule has 1 aromatic heterocycles. The lowest BCUT2D eigenvalue weighted by Gasteiger charge is -2.28. The van der Waals surface area contributed by atoms with Crippen molar-refractivity contribution in [3.05, 3.63) is 10.6 Å². The maximum Gasteiger partial charge on any atom is 0.264 e. The van der Waals surface area contributed by atoms with Crippen molar-refractivity contribution >= 4 is 17.4 Å². The summed E-state index contributed by atoms with van der Waals surface area (Å²) in [6.07, 6.45) is 1.10. The predicted octanol–water partition coefficient (Wildman–Crippen LogP) is 2.40. The van der Waals surface area contributed by atoms with Crippen molar-refractivity contribution in [1.82, 2.24) is 14.9 Å². The fourth-order valence-corrected chi connectivity index (χ4v) is 2.78. The number of hydrogen-bond donors (Lipinski definition) is 1. The molecule has 1 aliphatic rings. The summed E-state index contributed by atoms with van der Waals surface area (Å²) in [5, 5.41) is 6.43.